The first-order chi connectivity index (χ1) is 8.39. The van der Waals surface area contributed by atoms with E-state index >= 15 is 0 Å². The Bertz CT molecular complexity index is 438. The molecule has 0 N–H and O–H groups in total. The molecule has 100 valence electrons. The highest BCUT2D eigenvalue weighted by Crippen LogP contribution is 2.35. The largest absolute Gasteiger partial charge is 0.242 e. The van der Waals surface area contributed by atoms with Crippen LogP contribution >= 0.6 is 0 Å². The summed E-state index contributed by atoms with van der Waals surface area (Å²) in [5.74, 6) is -0.222. The Hall–Kier alpha value is -0.740. The molecule has 1 heterocycles. The molecule has 0 saturated carbocycles. The Morgan fingerprint density at radius 2 is 1.89 bits per heavy atom. The SMILES string of the molecule is CC(C)(C)[S@](=O)N1CCC[C@H]1c1ccc(F)cc1. The number of hydrogen-bond donors (Lipinski definition) is 0. The second-order valence-electron chi connectivity index (χ2n) is 5.71. The van der Waals surface area contributed by atoms with Gasteiger partial charge in [0.05, 0.1) is 4.75 Å². The maximum atomic E-state index is 12.9. The van der Waals surface area contributed by atoms with E-state index in [1.54, 1.807) is 12.1 Å². The summed E-state index contributed by atoms with van der Waals surface area (Å²) in [5.41, 5.74) is 1.06. The summed E-state index contributed by atoms with van der Waals surface area (Å²) in [5, 5.41) is 0. The van der Waals surface area contributed by atoms with E-state index in [4.69, 9.17) is 0 Å². The van der Waals surface area contributed by atoms with Gasteiger partial charge in [-0.3, -0.25) is 0 Å². The third kappa shape index (κ3) is 2.81. The van der Waals surface area contributed by atoms with E-state index in [0.717, 1.165) is 24.9 Å². The number of rotatable bonds is 2. The van der Waals surface area contributed by atoms with Crippen LogP contribution in [0.4, 0.5) is 4.39 Å². The lowest BCUT2D eigenvalue weighted by Crippen LogP contribution is -2.37. The standard InChI is InChI=1S/C14H20FNOS/c1-14(2,3)18(17)16-10-4-5-13(16)11-6-8-12(15)9-7-11/h6-9,13H,4-5,10H2,1-3H3/t13-,18-/m0/s1. The molecule has 2 rings (SSSR count). The summed E-state index contributed by atoms with van der Waals surface area (Å²) in [4.78, 5) is 0. The van der Waals surface area contributed by atoms with Gasteiger partial charge < -0.3 is 0 Å². The molecule has 2 nitrogen and oxygen atoms in total. The molecule has 1 aromatic rings. The number of hydrogen-bond acceptors (Lipinski definition) is 1. The quantitative estimate of drug-likeness (QED) is 0.805. The highest BCUT2D eigenvalue weighted by Gasteiger charge is 2.35. The van der Waals surface area contributed by atoms with Crippen LogP contribution < -0.4 is 0 Å². The Balaban J connectivity index is 2.22. The fourth-order valence-corrected chi connectivity index (χ4v) is 3.77. The molecule has 0 bridgehead atoms. The highest BCUT2D eigenvalue weighted by atomic mass is 32.2. The third-order valence-corrected chi connectivity index (χ3v) is 5.11. The molecule has 18 heavy (non-hydrogen) atoms. The summed E-state index contributed by atoms with van der Waals surface area (Å²) in [6.45, 7) is 6.82. The molecular weight excluding hydrogens is 249 g/mol. The molecule has 0 aliphatic carbocycles. The van der Waals surface area contributed by atoms with E-state index in [1.807, 2.05) is 25.1 Å². The summed E-state index contributed by atoms with van der Waals surface area (Å²) >= 11 is 0. The third-order valence-electron chi connectivity index (χ3n) is 3.20. The Kier molecular flexibility index (Phi) is 3.87. The van der Waals surface area contributed by atoms with Crippen molar-refractivity contribution in [3.63, 3.8) is 0 Å². The van der Waals surface area contributed by atoms with Crippen LogP contribution in [0.25, 0.3) is 0 Å². The number of benzene rings is 1. The molecular formula is C14H20FNOS. The molecule has 2 atom stereocenters. The Morgan fingerprint density at radius 3 is 2.44 bits per heavy atom. The van der Waals surface area contributed by atoms with Gasteiger partial charge in [-0.1, -0.05) is 12.1 Å². The summed E-state index contributed by atoms with van der Waals surface area (Å²) in [7, 11) is -1.01. The minimum Gasteiger partial charge on any atom is -0.242 e. The average Bonchev–Trinajstić information content (AvgIpc) is 2.76. The van der Waals surface area contributed by atoms with E-state index in [-0.39, 0.29) is 16.6 Å². The van der Waals surface area contributed by atoms with Gasteiger partial charge in [-0.15, -0.1) is 0 Å². The molecule has 0 amide bonds. The van der Waals surface area contributed by atoms with E-state index in [0.29, 0.717) is 0 Å². The highest BCUT2D eigenvalue weighted by molar-refractivity contribution is 7.84. The predicted molar refractivity (Wildman–Crippen MR) is 73.0 cm³/mol. The van der Waals surface area contributed by atoms with Gasteiger partial charge in [0.2, 0.25) is 0 Å². The van der Waals surface area contributed by atoms with Crippen LogP contribution in [0.15, 0.2) is 24.3 Å². The van der Waals surface area contributed by atoms with Crippen LogP contribution in [0, 0.1) is 5.82 Å². The maximum absolute atomic E-state index is 12.9. The van der Waals surface area contributed by atoms with Crippen LogP contribution in [-0.4, -0.2) is 19.8 Å². The first kappa shape index (κ1) is 13.7. The molecule has 0 aromatic heterocycles. The molecule has 1 saturated heterocycles. The fraction of sp³-hybridized carbons (Fsp3) is 0.571. The average molecular weight is 269 g/mol. The second kappa shape index (κ2) is 5.10. The van der Waals surface area contributed by atoms with Gasteiger partial charge in [-0.2, -0.15) is 0 Å². The predicted octanol–water partition coefficient (Wildman–Crippen LogP) is 3.42. The van der Waals surface area contributed by atoms with E-state index in [1.165, 1.54) is 12.1 Å². The maximum Gasteiger partial charge on any atom is 0.123 e. The lowest BCUT2D eigenvalue weighted by atomic mass is 10.1. The summed E-state index contributed by atoms with van der Waals surface area (Å²) in [6, 6.07) is 6.72. The van der Waals surface area contributed by atoms with Gasteiger partial charge in [-0.25, -0.2) is 12.9 Å². The second-order valence-corrected chi connectivity index (χ2v) is 7.90. The Morgan fingerprint density at radius 1 is 1.28 bits per heavy atom. The van der Waals surface area contributed by atoms with Crippen LogP contribution in [0.3, 0.4) is 0 Å². The van der Waals surface area contributed by atoms with Crippen molar-refractivity contribution in [1.82, 2.24) is 4.31 Å². The van der Waals surface area contributed by atoms with E-state index < -0.39 is 11.0 Å². The minimum absolute atomic E-state index is 0.158. The number of nitrogens with zero attached hydrogens (tertiary/aromatic N) is 1. The van der Waals surface area contributed by atoms with Crippen molar-refractivity contribution in [2.45, 2.75) is 44.4 Å². The van der Waals surface area contributed by atoms with Crippen molar-refractivity contribution in [3.8, 4) is 0 Å². The van der Waals surface area contributed by atoms with Crippen molar-refractivity contribution in [1.29, 1.82) is 0 Å². The smallest absolute Gasteiger partial charge is 0.123 e. The normalized spacial score (nSPS) is 23.2. The van der Waals surface area contributed by atoms with E-state index in [9.17, 15) is 8.60 Å². The molecule has 4 heteroatoms. The Labute approximate surface area is 111 Å². The molecule has 1 aliphatic heterocycles. The fourth-order valence-electron chi connectivity index (χ4n) is 2.31. The molecule has 1 aromatic carbocycles. The van der Waals surface area contributed by atoms with Crippen LogP contribution in [0.1, 0.15) is 45.2 Å². The zero-order valence-corrected chi connectivity index (χ0v) is 12.0. The monoisotopic (exact) mass is 269 g/mol. The van der Waals surface area contributed by atoms with Crippen LogP contribution in [0.5, 0.6) is 0 Å². The zero-order chi connectivity index (χ0) is 13.3. The van der Waals surface area contributed by atoms with Gasteiger partial charge >= 0.3 is 0 Å². The van der Waals surface area contributed by atoms with Crippen molar-refractivity contribution in [2.24, 2.45) is 0 Å². The molecule has 0 spiro atoms. The van der Waals surface area contributed by atoms with Crippen molar-refractivity contribution in [3.05, 3.63) is 35.6 Å². The van der Waals surface area contributed by atoms with Gasteiger partial charge in [0.25, 0.3) is 0 Å². The molecule has 1 fully saturated rings. The van der Waals surface area contributed by atoms with Gasteiger partial charge in [0, 0.05) is 12.6 Å². The first-order valence-corrected chi connectivity index (χ1v) is 7.44. The lowest BCUT2D eigenvalue weighted by molar-refractivity contribution is 0.415. The zero-order valence-electron chi connectivity index (χ0n) is 11.1. The lowest BCUT2D eigenvalue weighted by Gasteiger charge is -2.30. The van der Waals surface area contributed by atoms with Crippen LogP contribution in [-0.2, 0) is 11.0 Å². The van der Waals surface area contributed by atoms with Crippen molar-refractivity contribution < 1.29 is 8.60 Å². The van der Waals surface area contributed by atoms with E-state index in [2.05, 4.69) is 0 Å². The van der Waals surface area contributed by atoms with Gasteiger partial charge in [0.15, 0.2) is 0 Å². The first-order valence-electron chi connectivity index (χ1n) is 6.34. The topological polar surface area (TPSA) is 20.3 Å². The summed E-state index contributed by atoms with van der Waals surface area (Å²) in [6.07, 6.45) is 2.04. The van der Waals surface area contributed by atoms with Crippen LogP contribution in [0.2, 0.25) is 0 Å². The summed E-state index contributed by atoms with van der Waals surface area (Å²) < 4.78 is 27.2. The van der Waals surface area contributed by atoms with Gasteiger partial charge in [-0.05, 0) is 51.3 Å². The number of halogens is 1. The van der Waals surface area contributed by atoms with Crippen molar-refractivity contribution >= 4 is 11.0 Å². The minimum atomic E-state index is -1.01. The molecule has 0 radical (unpaired) electrons. The van der Waals surface area contributed by atoms with Crippen molar-refractivity contribution in [2.75, 3.05) is 6.54 Å². The molecule has 0 unspecified atom stereocenters. The molecule has 1 aliphatic rings. The van der Waals surface area contributed by atoms with Gasteiger partial charge in [0.1, 0.15) is 16.8 Å².